The average Bonchev–Trinajstić information content (AvgIpc) is 2.26. The fourth-order valence-electron chi connectivity index (χ4n) is 1.19. The van der Waals surface area contributed by atoms with Crippen LogP contribution in [0.25, 0.3) is 0 Å². The second kappa shape index (κ2) is 4.97. The summed E-state index contributed by atoms with van der Waals surface area (Å²) < 4.78 is 18.0. The number of hydrogen-bond acceptors (Lipinski definition) is 3. The van der Waals surface area contributed by atoms with Crippen LogP contribution in [-0.4, -0.2) is 7.11 Å². The minimum atomic E-state index is -0.738. The summed E-state index contributed by atoms with van der Waals surface area (Å²) in [6.07, 6.45) is 0.230. The molecule has 4 heteroatoms. The second-order valence-corrected chi connectivity index (χ2v) is 2.98. The first kappa shape index (κ1) is 11.0. The van der Waals surface area contributed by atoms with E-state index in [1.807, 2.05) is 12.1 Å². The Morgan fingerprint density at radius 3 is 2.53 bits per heavy atom. The zero-order valence-electron chi connectivity index (χ0n) is 8.20. The normalized spacial score (nSPS) is 9.40. The van der Waals surface area contributed by atoms with Crippen LogP contribution < -0.4 is 4.74 Å². The maximum atomic E-state index is 13.2. The first-order valence-corrected chi connectivity index (χ1v) is 4.33. The van der Waals surface area contributed by atoms with Crippen LogP contribution in [-0.2, 0) is 6.42 Å². The molecule has 0 aliphatic rings. The van der Waals surface area contributed by atoms with Gasteiger partial charge in [-0.2, -0.15) is 10.5 Å². The molecule has 3 nitrogen and oxygen atoms in total. The lowest BCUT2D eigenvalue weighted by Gasteiger charge is -2.04. The van der Waals surface area contributed by atoms with Gasteiger partial charge < -0.3 is 4.74 Å². The molecule has 76 valence electrons. The topological polar surface area (TPSA) is 56.8 Å². The van der Waals surface area contributed by atoms with E-state index in [4.69, 9.17) is 15.3 Å². The molecule has 0 heterocycles. The van der Waals surface area contributed by atoms with Crippen LogP contribution in [0.5, 0.6) is 5.75 Å². The van der Waals surface area contributed by atoms with Crippen molar-refractivity contribution in [2.45, 2.75) is 6.42 Å². The lowest BCUT2D eigenvalue weighted by atomic mass is 10.0. The van der Waals surface area contributed by atoms with Crippen molar-refractivity contribution in [2.75, 3.05) is 7.11 Å². The van der Waals surface area contributed by atoms with Crippen molar-refractivity contribution >= 4 is 0 Å². The third-order valence-corrected chi connectivity index (χ3v) is 1.97. The average molecular weight is 204 g/mol. The highest BCUT2D eigenvalue weighted by atomic mass is 19.1. The van der Waals surface area contributed by atoms with Crippen LogP contribution in [0.3, 0.4) is 0 Å². The molecule has 0 spiro atoms. The molecule has 0 amide bonds. The van der Waals surface area contributed by atoms with E-state index in [-0.39, 0.29) is 12.2 Å². The Hall–Kier alpha value is -2.07. The quantitative estimate of drug-likeness (QED) is 0.757. The Labute approximate surface area is 87.3 Å². The number of benzene rings is 1. The van der Waals surface area contributed by atoms with Gasteiger partial charge in [0.15, 0.2) is 11.6 Å². The van der Waals surface area contributed by atoms with Crippen molar-refractivity contribution in [2.24, 2.45) is 5.92 Å². The van der Waals surface area contributed by atoms with E-state index in [1.54, 1.807) is 6.07 Å². The van der Waals surface area contributed by atoms with Gasteiger partial charge in [-0.25, -0.2) is 4.39 Å². The third kappa shape index (κ3) is 2.69. The van der Waals surface area contributed by atoms with Gasteiger partial charge >= 0.3 is 0 Å². The molecule has 15 heavy (non-hydrogen) atoms. The van der Waals surface area contributed by atoms with Gasteiger partial charge in [-0.15, -0.1) is 0 Å². The van der Waals surface area contributed by atoms with Crippen molar-refractivity contribution in [3.8, 4) is 17.9 Å². The maximum absolute atomic E-state index is 13.2. The maximum Gasteiger partial charge on any atom is 0.165 e. The van der Waals surface area contributed by atoms with Crippen LogP contribution >= 0.6 is 0 Å². The molecule has 0 aliphatic carbocycles. The molecule has 0 bridgehead atoms. The van der Waals surface area contributed by atoms with E-state index in [0.29, 0.717) is 5.56 Å². The van der Waals surface area contributed by atoms with Gasteiger partial charge in [-0.1, -0.05) is 6.07 Å². The van der Waals surface area contributed by atoms with Crippen molar-refractivity contribution < 1.29 is 9.13 Å². The molecule has 0 saturated heterocycles. The van der Waals surface area contributed by atoms with Crippen LogP contribution in [0, 0.1) is 34.4 Å². The summed E-state index contributed by atoms with van der Waals surface area (Å²) in [5.74, 6) is -1.06. The fourth-order valence-corrected chi connectivity index (χ4v) is 1.19. The molecule has 0 atom stereocenters. The zero-order chi connectivity index (χ0) is 11.3. The molecule has 1 rings (SSSR count). The smallest absolute Gasteiger partial charge is 0.165 e. The minimum Gasteiger partial charge on any atom is -0.494 e. The van der Waals surface area contributed by atoms with Crippen LogP contribution in [0.15, 0.2) is 18.2 Å². The molecular formula is C11H9FN2O. The monoisotopic (exact) mass is 204 g/mol. The summed E-state index contributed by atoms with van der Waals surface area (Å²) in [5.41, 5.74) is 0.612. The summed E-state index contributed by atoms with van der Waals surface area (Å²) in [6.45, 7) is 0. The minimum absolute atomic E-state index is 0.157. The van der Waals surface area contributed by atoms with Gasteiger partial charge in [-0.3, -0.25) is 0 Å². The summed E-state index contributed by atoms with van der Waals surface area (Å²) in [7, 11) is 1.38. The first-order valence-electron chi connectivity index (χ1n) is 4.33. The van der Waals surface area contributed by atoms with Gasteiger partial charge in [-0.05, 0) is 17.7 Å². The van der Waals surface area contributed by atoms with Gasteiger partial charge in [0.25, 0.3) is 0 Å². The summed E-state index contributed by atoms with van der Waals surface area (Å²) in [4.78, 5) is 0. The van der Waals surface area contributed by atoms with E-state index in [2.05, 4.69) is 0 Å². The molecule has 0 aromatic heterocycles. The molecule has 0 radical (unpaired) electrons. The van der Waals surface area contributed by atoms with E-state index in [0.717, 1.165) is 0 Å². The molecule has 0 N–H and O–H groups in total. The number of methoxy groups -OCH3 is 1. The molecule has 0 fully saturated rings. The zero-order valence-corrected chi connectivity index (χ0v) is 8.20. The molecule has 1 aromatic carbocycles. The highest BCUT2D eigenvalue weighted by Gasteiger charge is 2.09. The van der Waals surface area contributed by atoms with E-state index < -0.39 is 11.7 Å². The summed E-state index contributed by atoms with van der Waals surface area (Å²) in [6, 6.07) is 8.07. The van der Waals surface area contributed by atoms with Crippen LogP contribution in [0.2, 0.25) is 0 Å². The number of ether oxygens (including phenoxy) is 1. The van der Waals surface area contributed by atoms with Crippen molar-refractivity contribution in [3.05, 3.63) is 29.6 Å². The standard InChI is InChI=1S/C11H9FN2O/c1-15-11-3-2-8(5-10(11)12)4-9(6-13)7-14/h2-3,5,9H,4H2,1H3. The predicted molar refractivity (Wildman–Crippen MR) is 51.4 cm³/mol. The number of hydrogen-bond donors (Lipinski definition) is 0. The number of halogens is 1. The van der Waals surface area contributed by atoms with E-state index >= 15 is 0 Å². The number of nitriles is 2. The first-order chi connectivity index (χ1) is 7.21. The molecular weight excluding hydrogens is 195 g/mol. The molecule has 0 aliphatic heterocycles. The number of nitrogens with zero attached hydrogens (tertiary/aromatic N) is 2. The van der Waals surface area contributed by atoms with Crippen molar-refractivity contribution in [3.63, 3.8) is 0 Å². The largest absolute Gasteiger partial charge is 0.494 e. The Morgan fingerprint density at radius 1 is 1.40 bits per heavy atom. The lowest BCUT2D eigenvalue weighted by molar-refractivity contribution is 0.386. The lowest BCUT2D eigenvalue weighted by Crippen LogP contribution is -1.99. The van der Waals surface area contributed by atoms with Crippen LogP contribution in [0.1, 0.15) is 5.56 Å². The SMILES string of the molecule is COc1ccc(CC(C#N)C#N)cc1F. The second-order valence-electron chi connectivity index (χ2n) is 2.98. The predicted octanol–water partition coefficient (Wildman–Crippen LogP) is 2.04. The molecule has 1 aromatic rings. The number of rotatable bonds is 3. The van der Waals surface area contributed by atoms with Gasteiger partial charge in [0.2, 0.25) is 0 Å². The molecule has 0 saturated carbocycles. The summed E-state index contributed by atoms with van der Waals surface area (Å²) in [5, 5.41) is 17.1. The highest BCUT2D eigenvalue weighted by molar-refractivity contribution is 5.30. The Balaban J connectivity index is 2.86. The van der Waals surface area contributed by atoms with Gasteiger partial charge in [0.1, 0.15) is 5.92 Å². The van der Waals surface area contributed by atoms with Crippen molar-refractivity contribution in [1.82, 2.24) is 0 Å². The van der Waals surface area contributed by atoms with E-state index in [1.165, 1.54) is 19.2 Å². The Kier molecular flexibility index (Phi) is 3.65. The van der Waals surface area contributed by atoms with Gasteiger partial charge in [0.05, 0.1) is 19.2 Å². The Morgan fingerprint density at radius 2 is 2.07 bits per heavy atom. The molecule has 0 unspecified atom stereocenters. The third-order valence-electron chi connectivity index (χ3n) is 1.97. The van der Waals surface area contributed by atoms with Gasteiger partial charge in [0, 0.05) is 6.42 Å². The van der Waals surface area contributed by atoms with Crippen molar-refractivity contribution in [1.29, 1.82) is 10.5 Å². The van der Waals surface area contributed by atoms with E-state index in [9.17, 15) is 4.39 Å². The highest BCUT2D eigenvalue weighted by Crippen LogP contribution is 2.19. The fraction of sp³-hybridized carbons (Fsp3) is 0.273. The summed E-state index contributed by atoms with van der Waals surface area (Å²) >= 11 is 0. The Bertz CT molecular complexity index is 417. The van der Waals surface area contributed by atoms with Crippen LogP contribution in [0.4, 0.5) is 4.39 Å².